The van der Waals surface area contributed by atoms with E-state index in [2.05, 4.69) is 19.5 Å². The van der Waals surface area contributed by atoms with Gasteiger partial charge in [-0.3, -0.25) is 14.3 Å². The first kappa shape index (κ1) is 21.5. The monoisotopic (exact) mass is 498 g/mol. The van der Waals surface area contributed by atoms with Crippen molar-refractivity contribution in [3.63, 3.8) is 0 Å². The highest BCUT2D eigenvalue weighted by Crippen LogP contribution is 2.52. The van der Waals surface area contributed by atoms with E-state index in [9.17, 15) is 4.79 Å². The lowest BCUT2D eigenvalue weighted by Crippen LogP contribution is -2.33. The van der Waals surface area contributed by atoms with Crippen molar-refractivity contribution < 1.29 is 9.53 Å². The van der Waals surface area contributed by atoms with Gasteiger partial charge in [-0.15, -0.1) is 0 Å². The van der Waals surface area contributed by atoms with Crippen molar-refractivity contribution in [2.24, 2.45) is 11.8 Å². The topological polar surface area (TPSA) is 98.6 Å². The molecule has 3 aliphatic carbocycles. The van der Waals surface area contributed by atoms with Gasteiger partial charge in [0.15, 0.2) is 5.82 Å². The molecule has 0 saturated heterocycles. The van der Waals surface area contributed by atoms with Crippen LogP contribution < -0.4 is 4.74 Å². The number of hydrogen-bond donors (Lipinski definition) is 1. The van der Waals surface area contributed by atoms with Crippen molar-refractivity contribution >= 4 is 40.1 Å². The van der Waals surface area contributed by atoms with Gasteiger partial charge < -0.3 is 9.72 Å². The molecule has 0 aromatic carbocycles. The number of carbonyl (C=O) groups is 1. The summed E-state index contributed by atoms with van der Waals surface area (Å²) in [5.41, 5.74) is 4.04. The number of carbonyl (C=O) groups excluding carboxylic acids is 1. The number of hydrogen-bond acceptors (Lipinski definition) is 6. The highest BCUT2D eigenvalue weighted by atomic mass is 35.5. The van der Waals surface area contributed by atoms with Gasteiger partial charge >= 0.3 is 0 Å². The zero-order chi connectivity index (χ0) is 24.2. The summed E-state index contributed by atoms with van der Waals surface area (Å²) in [5.74, 6) is 2.31. The van der Waals surface area contributed by atoms with E-state index in [0.717, 1.165) is 45.2 Å². The zero-order valence-corrected chi connectivity index (χ0v) is 20.2. The number of nitrogens with one attached hydrogen (secondary N) is 1. The fourth-order valence-corrected chi connectivity index (χ4v) is 6.44. The van der Waals surface area contributed by atoms with E-state index < -0.39 is 0 Å². The number of aromatic amines is 1. The van der Waals surface area contributed by atoms with Gasteiger partial charge in [-0.1, -0.05) is 24.4 Å². The molecule has 0 radical (unpaired) electrons. The number of rotatable bonds is 5. The van der Waals surface area contributed by atoms with Gasteiger partial charge in [-0.25, -0.2) is 15.0 Å². The molecule has 3 fully saturated rings. The third-order valence-electron chi connectivity index (χ3n) is 7.91. The number of aromatic nitrogens is 6. The molecule has 0 aliphatic heterocycles. The Morgan fingerprint density at radius 2 is 1.92 bits per heavy atom. The molecule has 1 atom stereocenters. The molecule has 5 aromatic heterocycles. The summed E-state index contributed by atoms with van der Waals surface area (Å²) < 4.78 is 7.91. The predicted molar refractivity (Wildman–Crippen MR) is 137 cm³/mol. The zero-order valence-electron chi connectivity index (χ0n) is 19.4. The Bertz CT molecular complexity index is 1600. The molecule has 180 valence electrons. The summed E-state index contributed by atoms with van der Waals surface area (Å²) in [7, 11) is 0. The van der Waals surface area contributed by atoms with E-state index in [4.69, 9.17) is 26.3 Å². The molecule has 0 amide bonds. The van der Waals surface area contributed by atoms with Gasteiger partial charge in [0.05, 0.1) is 10.6 Å². The average Bonchev–Trinajstić information content (AvgIpc) is 3.48. The smallest absolute Gasteiger partial charge is 0.299 e. The standard InChI is InChI=1S/C27H23ClN6O2/c28-18-10-19-20(12-31-24(19)30-11-18)25-32-13-21-23(17-5-7-29-8-6-17)27(36-14-35)34(26(21)33-25)22-9-15-1-3-16(22)4-2-15/h5-8,10-16,22H,1-4,9H2,(H,30,31)/t15?,16?,22-/m0/s1. The number of halogens is 1. The highest BCUT2D eigenvalue weighted by molar-refractivity contribution is 6.31. The quantitative estimate of drug-likeness (QED) is 0.299. The van der Waals surface area contributed by atoms with Crippen LogP contribution in [-0.4, -0.2) is 36.0 Å². The fraction of sp³-hybridized carbons (Fsp3) is 0.296. The van der Waals surface area contributed by atoms with Gasteiger partial charge in [-0.2, -0.15) is 0 Å². The molecule has 3 aliphatic rings. The number of H-pyrrole nitrogens is 1. The molecule has 9 heteroatoms. The van der Waals surface area contributed by atoms with Crippen LogP contribution in [0.1, 0.15) is 38.1 Å². The second-order valence-corrected chi connectivity index (χ2v) is 10.2. The first-order valence-electron chi connectivity index (χ1n) is 12.3. The Balaban J connectivity index is 1.50. The van der Waals surface area contributed by atoms with Crippen LogP contribution in [-0.2, 0) is 4.79 Å². The van der Waals surface area contributed by atoms with Gasteiger partial charge in [0.1, 0.15) is 11.3 Å². The van der Waals surface area contributed by atoms with E-state index in [0.29, 0.717) is 35.0 Å². The highest BCUT2D eigenvalue weighted by Gasteiger charge is 2.39. The summed E-state index contributed by atoms with van der Waals surface area (Å²) >= 11 is 6.24. The van der Waals surface area contributed by atoms with Crippen LogP contribution in [0.2, 0.25) is 5.02 Å². The molecule has 5 aromatic rings. The van der Waals surface area contributed by atoms with Crippen LogP contribution in [0.5, 0.6) is 5.88 Å². The number of pyridine rings is 2. The van der Waals surface area contributed by atoms with E-state index in [-0.39, 0.29) is 6.04 Å². The summed E-state index contributed by atoms with van der Waals surface area (Å²) in [6, 6.07) is 5.93. The Morgan fingerprint density at radius 3 is 2.67 bits per heavy atom. The van der Waals surface area contributed by atoms with Crippen molar-refractivity contribution in [3.8, 4) is 28.4 Å². The lowest BCUT2D eigenvalue weighted by molar-refractivity contribution is -0.121. The fourth-order valence-electron chi connectivity index (χ4n) is 6.28. The Morgan fingerprint density at radius 1 is 1.08 bits per heavy atom. The van der Waals surface area contributed by atoms with Gasteiger partial charge in [0.2, 0.25) is 5.88 Å². The molecule has 8 rings (SSSR count). The van der Waals surface area contributed by atoms with E-state index >= 15 is 0 Å². The molecule has 8 nitrogen and oxygen atoms in total. The maximum atomic E-state index is 11.8. The molecular formula is C27H23ClN6O2. The van der Waals surface area contributed by atoms with Crippen LogP contribution in [0.3, 0.4) is 0 Å². The van der Waals surface area contributed by atoms with Crippen molar-refractivity contribution in [2.45, 2.75) is 38.1 Å². The minimum Gasteiger partial charge on any atom is -0.411 e. The molecule has 36 heavy (non-hydrogen) atoms. The third-order valence-corrected chi connectivity index (χ3v) is 8.11. The maximum Gasteiger partial charge on any atom is 0.299 e. The van der Waals surface area contributed by atoms with Crippen molar-refractivity contribution in [1.82, 2.24) is 29.5 Å². The van der Waals surface area contributed by atoms with Crippen LogP contribution in [0.4, 0.5) is 0 Å². The number of fused-ring (bicyclic) bond motifs is 5. The van der Waals surface area contributed by atoms with Crippen molar-refractivity contribution in [3.05, 3.63) is 54.2 Å². The molecular weight excluding hydrogens is 476 g/mol. The molecule has 0 spiro atoms. The van der Waals surface area contributed by atoms with Crippen LogP contribution in [0.25, 0.3) is 44.6 Å². The molecule has 1 N–H and O–H groups in total. The largest absolute Gasteiger partial charge is 0.411 e. The summed E-state index contributed by atoms with van der Waals surface area (Å²) in [6.45, 7) is 0.512. The lowest BCUT2D eigenvalue weighted by Gasteiger charge is -2.43. The normalized spacial score (nSPS) is 21.3. The SMILES string of the molecule is O=COc1c(-c2ccncc2)c2cnc(-c3c[nH]c4ncc(Cl)cc34)nc2n1[C@H]1CC2CCC1CC2. The number of ether oxygens (including phenoxy) is 1. The van der Waals surface area contributed by atoms with Gasteiger partial charge in [0, 0.05) is 53.4 Å². The first-order valence-corrected chi connectivity index (χ1v) is 12.6. The molecule has 3 saturated carbocycles. The van der Waals surface area contributed by atoms with Gasteiger partial charge in [-0.05, 0) is 54.9 Å². The lowest BCUT2D eigenvalue weighted by atomic mass is 9.68. The Labute approximate surface area is 211 Å². The minimum absolute atomic E-state index is 0.215. The van der Waals surface area contributed by atoms with E-state index in [1.807, 2.05) is 30.6 Å². The maximum absolute atomic E-state index is 11.8. The number of nitrogens with zero attached hydrogens (tertiary/aromatic N) is 5. The first-order chi connectivity index (χ1) is 17.7. The van der Waals surface area contributed by atoms with Gasteiger partial charge in [0.25, 0.3) is 6.47 Å². The predicted octanol–water partition coefficient (Wildman–Crippen LogP) is 5.98. The molecule has 2 bridgehead atoms. The third kappa shape index (κ3) is 3.32. The van der Waals surface area contributed by atoms with Crippen LogP contribution in [0, 0.1) is 11.8 Å². The Kier molecular flexibility index (Phi) is 5.02. The second-order valence-electron chi connectivity index (χ2n) is 9.77. The summed E-state index contributed by atoms with van der Waals surface area (Å²) in [5, 5.41) is 2.25. The van der Waals surface area contributed by atoms with Crippen LogP contribution in [0.15, 0.2) is 49.2 Å². The second kappa shape index (κ2) is 8.41. The van der Waals surface area contributed by atoms with Crippen molar-refractivity contribution in [1.29, 1.82) is 0 Å². The molecule has 5 heterocycles. The van der Waals surface area contributed by atoms with E-state index in [1.54, 1.807) is 18.6 Å². The average molecular weight is 499 g/mol. The summed E-state index contributed by atoms with van der Waals surface area (Å²) in [6.07, 6.45) is 14.8. The van der Waals surface area contributed by atoms with Crippen molar-refractivity contribution in [2.75, 3.05) is 0 Å². The Hall–Kier alpha value is -3.78. The minimum atomic E-state index is 0.215. The van der Waals surface area contributed by atoms with Crippen LogP contribution >= 0.6 is 11.6 Å². The molecule has 0 unspecified atom stereocenters. The van der Waals surface area contributed by atoms with E-state index in [1.165, 1.54) is 25.7 Å². The summed E-state index contributed by atoms with van der Waals surface area (Å²) in [4.78, 5) is 33.3.